The largest absolute Gasteiger partial charge is 0.172 e. The molecule has 4 aliphatic rings. The van der Waals surface area contributed by atoms with Crippen LogP contribution in [0, 0.1) is 35.0 Å². The molecule has 0 aliphatic heterocycles. The normalized spacial score (nSPS) is 32.3. The third kappa shape index (κ3) is 7.77. The van der Waals surface area contributed by atoms with Gasteiger partial charge in [0.25, 0.3) is 0 Å². The van der Waals surface area contributed by atoms with Crippen molar-refractivity contribution in [2.24, 2.45) is 35.0 Å². The Kier molecular flexibility index (Phi) is 11.3. The van der Waals surface area contributed by atoms with E-state index in [-0.39, 0.29) is 4.75 Å². The van der Waals surface area contributed by atoms with Gasteiger partial charge in [-0.3, -0.25) is 0 Å². The summed E-state index contributed by atoms with van der Waals surface area (Å²) in [5.41, 5.74) is 9.33. The molecule has 6 rings (SSSR count). The van der Waals surface area contributed by atoms with E-state index in [4.69, 9.17) is 12.6 Å². The Morgan fingerprint density at radius 2 is 1.81 bits per heavy atom. The van der Waals surface area contributed by atoms with Crippen molar-refractivity contribution in [3.8, 4) is 0 Å². The monoisotopic (exact) mass is 648 g/mol. The highest BCUT2D eigenvalue weighted by Gasteiger charge is 2.58. The Hall–Kier alpha value is -1.99. The lowest BCUT2D eigenvalue weighted by Gasteiger charge is -2.55. The van der Waals surface area contributed by atoms with Crippen molar-refractivity contribution in [2.75, 3.05) is 0 Å². The quantitative estimate of drug-likeness (QED) is 0.118. The van der Waals surface area contributed by atoms with Gasteiger partial charge in [0.15, 0.2) is 0 Å². The minimum absolute atomic E-state index is 0.135. The van der Waals surface area contributed by atoms with Crippen LogP contribution in [-0.2, 0) is 19.3 Å². The summed E-state index contributed by atoms with van der Waals surface area (Å²) in [4.78, 5) is 0. The van der Waals surface area contributed by atoms with Crippen LogP contribution in [0.1, 0.15) is 139 Å². The zero-order valence-corrected chi connectivity index (χ0v) is 31.0. The fraction of sp³-hybridized carbons (Fsp3) is 0.609. The molecule has 254 valence electrons. The van der Waals surface area contributed by atoms with Gasteiger partial charge in [0.1, 0.15) is 0 Å². The van der Waals surface area contributed by atoms with Crippen molar-refractivity contribution in [1.82, 2.24) is 0 Å². The maximum Gasteiger partial charge on any atom is 0.0238 e. The van der Waals surface area contributed by atoms with Crippen molar-refractivity contribution < 1.29 is 0 Å². The summed E-state index contributed by atoms with van der Waals surface area (Å²) in [5, 5.41) is 0. The van der Waals surface area contributed by atoms with Crippen molar-refractivity contribution in [2.45, 2.75) is 141 Å². The molecule has 0 N–H and O–H groups in total. The van der Waals surface area contributed by atoms with Gasteiger partial charge in [-0.2, -0.15) is 12.6 Å². The number of hydrogen-bond donors (Lipinski definition) is 1. The van der Waals surface area contributed by atoms with Crippen LogP contribution >= 0.6 is 12.6 Å². The third-order valence-corrected chi connectivity index (χ3v) is 14.7. The molecule has 0 radical (unpaired) electrons. The fourth-order valence-electron chi connectivity index (χ4n) is 10.8. The van der Waals surface area contributed by atoms with Crippen molar-refractivity contribution >= 4 is 12.6 Å². The van der Waals surface area contributed by atoms with E-state index in [1.807, 2.05) is 0 Å². The molecule has 2 aromatic carbocycles. The Balaban J connectivity index is 0.909. The number of thiol groups is 1. The summed E-state index contributed by atoms with van der Waals surface area (Å²) in [5.74, 6) is 4.80. The molecule has 0 heterocycles. The van der Waals surface area contributed by atoms with Gasteiger partial charge in [-0.15, -0.1) is 0 Å². The molecule has 4 aliphatic carbocycles. The van der Waals surface area contributed by atoms with Gasteiger partial charge in [0.2, 0.25) is 0 Å². The second kappa shape index (κ2) is 15.3. The molecule has 47 heavy (non-hydrogen) atoms. The van der Waals surface area contributed by atoms with Crippen LogP contribution in [0.4, 0.5) is 0 Å². The fourth-order valence-corrected chi connectivity index (χ4v) is 11.6. The van der Waals surface area contributed by atoms with Gasteiger partial charge in [0, 0.05) is 4.75 Å². The van der Waals surface area contributed by atoms with E-state index in [2.05, 4.69) is 94.6 Å². The van der Waals surface area contributed by atoms with E-state index < -0.39 is 0 Å². The lowest BCUT2D eigenvalue weighted by molar-refractivity contribution is 0.109. The van der Waals surface area contributed by atoms with Crippen molar-refractivity contribution in [3.05, 3.63) is 107 Å². The number of unbranched alkanes of at least 4 members (excludes halogenated alkanes) is 1. The first-order chi connectivity index (χ1) is 22.7. The molecule has 0 nitrogen and oxygen atoms in total. The van der Waals surface area contributed by atoms with Crippen LogP contribution in [-0.4, -0.2) is 4.75 Å². The van der Waals surface area contributed by atoms with E-state index in [0.29, 0.717) is 17.3 Å². The topological polar surface area (TPSA) is 0 Å². The van der Waals surface area contributed by atoms with Crippen molar-refractivity contribution in [3.63, 3.8) is 0 Å². The van der Waals surface area contributed by atoms with Gasteiger partial charge in [-0.25, -0.2) is 0 Å². The molecule has 0 saturated heterocycles. The third-order valence-electron chi connectivity index (χ3n) is 13.9. The van der Waals surface area contributed by atoms with Gasteiger partial charge in [0.05, 0.1) is 0 Å². The smallest absolute Gasteiger partial charge is 0.0238 e. The highest BCUT2D eigenvalue weighted by atomic mass is 32.1. The summed E-state index contributed by atoms with van der Waals surface area (Å²) in [7, 11) is 0. The van der Waals surface area contributed by atoms with E-state index >= 15 is 0 Å². The molecule has 0 spiro atoms. The number of rotatable bonds is 14. The first-order valence-corrected chi connectivity index (χ1v) is 20.0. The Morgan fingerprint density at radius 1 is 0.979 bits per heavy atom. The molecule has 0 bridgehead atoms. The molecular formula is C46H64S. The Morgan fingerprint density at radius 3 is 2.64 bits per heavy atom. The number of fused-ring (bicyclic) bond motifs is 5. The molecule has 8 unspecified atom stereocenters. The van der Waals surface area contributed by atoms with Gasteiger partial charge in [-0.05, 0) is 159 Å². The maximum absolute atomic E-state index is 5.52. The van der Waals surface area contributed by atoms with Crippen LogP contribution in [0.15, 0.2) is 85.0 Å². The van der Waals surface area contributed by atoms with Crippen LogP contribution in [0.3, 0.4) is 0 Å². The summed E-state index contributed by atoms with van der Waals surface area (Å²) < 4.78 is 0.135. The van der Waals surface area contributed by atoms with Gasteiger partial charge < -0.3 is 0 Å². The molecule has 0 aromatic heterocycles. The molecule has 2 aromatic rings. The van der Waals surface area contributed by atoms with E-state index in [1.54, 1.807) is 11.1 Å². The van der Waals surface area contributed by atoms with Crippen molar-refractivity contribution in [1.29, 1.82) is 0 Å². The molecular weight excluding hydrogens is 585 g/mol. The SMILES string of the molecule is C=C(CCC/C=C\CC1CCC(C)C1CCC(C)CCc1ccccc1)Cc1ccc2c(c1)CCC1(S)C2CCC2(C)C(=C)CCC21. The van der Waals surface area contributed by atoms with E-state index in [9.17, 15) is 0 Å². The lowest BCUT2D eigenvalue weighted by atomic mass is 9.54. The predicted molar refractivity (Wildman–Crippen MR) is 207 cm³/mol. The highest BCUT2D eigenvalue weighted by Crippen LogP contribution is 2.66. The lowest BCUT2D eigenvalue weighted by Crippen LogP contribution is -2.51. The second-order valence-corrected chi connectivity index (χ2v) is 17.8. The molecule has 3 saturated carbocycles. The summed E-state index contributed by atoms with van der Waals surface area (Å²) in [6.07, 6.45) is 26.5. The molecule has 0 amide bonds. The summed E-state index contributed by atoms with van der Waals surface area (Å²) >= 11 is 5.52. The number of benzene rings is 2. The average molecular weight is 649 g/mol. The minimum Gasteiger partial charge on any atom is -0.172 e. The zero-order chi connectivity index (χ0) is 33.0. The molecule has 3 fully saturated rings. The second-order valence-electron chi connectivity index (χ2n) is 16.9. The summed E-state index contributed by atoms with van der Waals surface area (Å²) in [6, 6.07) is 18.4. The van der Waals surface area contributed by atoms with Crippen LogP contribution in [0.2, 0.25) is 0 Å². The number of hydrogen-bond acceptors (Lipinski definition) is 1. The Bertz CT molecular complexity index is 1400. The van der Waals surface area contributed by atoms with E-state index in [1.165, 1.54) is 119 Å². The maximum atomic E-state index is 5.52. The van der Waals surface area contributed by atoms with Crippen LogP contribution in [0.5, 0.6) is 0 Å². The van der Waals surface area contributed by atoms with Gasteiger partial charge in [-0.1, -0.05) is 119 Å². The molecule has 1 heteroatoms. The number of aryl methyl sites for hydroxylation is 2. The average Bonchev–Trinajstić information content (AvgIpc) is 3.58. The molecule has 8 atom stereocenters. The number of allylic oxidation sites excluding steroid dienone is 4. The standard InChI is InChI=1S/C46H64S/c1-33(17-21-37-14-10-8-11-15-37)18-24-41-35(3)19-23-39(41)16-12-7-6-9-13-34(2)31-38-22-25-42-40(32-38)27-30-46(47)43(42)28-29-45(5)36(4)20-26-44(45)46/h7-8,10-12,14-15,22,25,32-33,35,39,41,43-44,47H,2,4,6,9,13,16-21,23-24,26-31H2,1,3,5H3/b12-7-. The van der Waals surface area contributed by atoms with E-state index in [0.717, 1.165) is 36.5 Å². The summed E-state index contributed by atoms with van der Waals surface area (Å²) in [6.45, 7) is 16.5. The van der Waals surface area contributed by atoms with Crippen LogP contribution in [0.25, 0.3) is 0 Å². The predicted octanol–water partition coefficient (Wildman–Crippen LogP) is 13.1. The zero-order valence-electron chi connectivity index (χ0n) is 30.1. The first-order valence-electron chi connectivity index (χ1n) is 19.5. The first kappa shape index (κ1) is 34.9. The van der Waals surface area contributed by atoms with Gasteiger partial charge >= 0.3 is 0 Å². The highest BCUT2D eigenvalue weighted by molar-refractivity contribution is 7.81. The van der Waals surface area contributed by atoms with Crippen LogP contribution < -0.4 is 0 Å². The Labute approximate surface area is 294 Å². The minimum atomic E-state index is 0.135.